The molecule has 0 saturated carbocycles. The van der Waals surface area contributed by atoms with Gasteiger partial charge in [-0.05, 0) is 71.5 Å². The Kier molecular flexibility index (Phi) is 7.59. The number of ether oxygens (including phenoxy) is 3. The van der Waals surface area contributed by atoms with Gasteiger partial charge in [0.1, 0.15) is 0 Å². The lowest BCUT2D eigenvalue weighted by atomic mass is 10.2. The molecule has 0 aliphatic carbocycles. The smallest absolute Gasteiger partial charge is 0.341 e. The molecule has 0 unspecified atom stereocenters. The number of carboxylic acids is 1. The molecule has 0 heterocycles. The van der Waals surface area contributed by atoms with Crippen molar-refractivity contribution in [2.45, 2.75) is 6.92 Å². The van der Waals surface area contributed by atoms with E-state index >= 15 is 0 Å². The first-order valence-corrected chi connectivity index (χ1v) is 9.05. The van der Waals surface area contributed by atoms with Crippen LogP contribution in [0.25, 0.3) is 0 Å². The van der Waals surface area contributed by atoms with E-state index < -0.39 is 12.6 Å². The van der Waals surface area contributed by atoms with E-state index in [1.54, 1.807) is 49.5 Å². The zero-order valence-corrected chi connectivity index (χ0v) is 16.9. The number of rotatable bonds is 8. The minimum absolute atomic E-state index is 0.325. The lowest BCUT2D eigenvalue weighted by molar-refractivity contribution is -0.139. The van der Waals surface area contributed by atoms with Gasteiger partial charge in [0.05, 0.1) is 28.5 Å². The quantitative estimate of drug-likeness (QED) is 0.350. The molecule has 8 heteroatoms. The van der Waals surface area contributed by atoms with E-state index in [-0.39, 0.29) is 5.97 Å². The average molecular weight is 483 g/mol. The van der Waals surface area contributed by atoms with Crippen LogP contribution >= 0.6 is 22.6 Å². The molecule has 0 atom stereocenters. The third-order valence-electron chi connectivity index (χ3n) is 3.33. The van der Waals surface area contributed by atoms with E-state index in [9.17, 15) is 9.59 Å². The van der Waals surface area contributed by atoms with Crippen molar-refractivity contribution in [3.05, 3.63) is 51.1 Å². The lowest BCUT2D eigenvalue weighted by Crippen LogP contribution is -2.11. The second-order valence-corrected chi connectivity index (χ2v) is 6.40. The molecule has 0 fully saturated rings. The summed E-state index contributed by atoms with van der Waals surface area (Å²) >= 11 is 2.04. The molecule has 0 amide bonds. The Labute approximate surface area is 170 Å². The molecule has 1 N–H and O–H groups in total. The number of esters is 1. The number of aliphatic carboxylic acids is 1. The van der Waals surface area contributed by atoms with Crippen LogP contribution in [-0.2, 0) is 9.53 Å². The highest BCUT2D eigenvalue weighted by Crippen LogP contribution is 2.33. The van der Waals surface area contributed by atoms with Crippen LogP contribution < -0.4 is 9.47 Å². The average Bonchev–Trinajstić information content (AvgIpc) is 2.65. The predicted octanol–water partition coefficient (Wildman–Crippen LogP) is 3.69. The summed E-state index contributed by atoms with van der Waals surface area (Å²) in [6.07, 6.45) is 1.64. The van der Waals surface area contributed by atoms with Crippen LogP contribution in [0.3, 0.4) is 0 Å². The Morgan fingerprint density at radius 2 is 1.93 bits per heavy atom. The van der Waals surface area contributed by atoms with Gasteiger partial charge in [-0.15, -0.1) is 0 Å². The summed E-state index contributed by atoms with van der Waals surface area (Å²) < 4.78 is 16.2. The van der Waals surface area contributed by atoms with Gasteiger partial charge >= 0.3 is 11.9 Å². The van der Waals surface area contributed by atoms with Crippen LogP contribution in [0.2, 0.25) is 0 Å². The first-order valence-electron chi connectivity index (χ1n) is 7.98. The maximum atomic E-state index is 11.6. The topological polar surface area (TPSA) is 94.4 Å². The number of carbonyl (C=O) groups excluding carboxylic acids is 1. The number of carboxylic acid groups (broad SMARTS) is 1. The number of hydrogen-bond acceptors (Lipinski definition) is 6. The van der Waals surface area contributed by atoms with E-state index in [4.69, 9.17) is 19.3 Å². The first kappa shape index (κ1) is 20.7. The molecule has 2 aromatic carbocycles. The Balaban J connectivity index is 2.17. The minimum atomic E-state index is -1.07. The van der Waals surface area contributed by atoms with E-state index in [0.29, 0.717) is 32.9 Å². The highest BCUT2D eigenvalue weighted by molar-refractivity contribution is 14.1. The van der Waals surface area contributed by atoms with Gasteiger partial charge in [-0.3, -0.25) is 4.99 Å². The number of nitrogens with zero attached hydrogens (tertiary/aromatic N) is 1. The van der Waals surface area contributed by atoms with Crippen molar-refractivity contribution in [3.8, 4) is 11.5 Å². The summed E-state index contributed by atoms with van der Waals surface area (Å²) in [5, 5.41) is 8.76. The Hall–Kier alpha value is -2.62. The standard InChI is InChI=1S/C19H18INO6/c1-3-26-19(24)13-4-6-14(7-5-13)21-10-12-8-15(20)18(16(9-12)25-2)27-11-17(22)23/h4-10H,3,11H2,1-2H3,(H,22,23). The summed E-state index contributed by atoms with van der Waals surface area (Å²) in [5.41, 5.74) is 1.89. The molecule has 0 aromatic heterocycles. The van der Waals surface area contributed by atoms with Crippen molar-refractivity contribution < 1.29 is 28.9 Å². The third kappa shape index (κ3) is 5.95. The fourth-order valence-corrected chi connectivity index (χ4v) is 2.92. The van der Waals surface area contributed by atoms with Gasteiger partial charge in [0.2, 0.25) is 0 Å². The van der Waals surface area contributed by atoms with E-state index in [1.165, 1.54) is 7.11 Å². The van der Waals surface area contributed by atoms with Crippen LogP contribution in [0.4, 0.5) is 5.69 Å². The molecule has 0 bridgehead atoms. The number of methoxy groups -OCH3 is 1. The zero-order chi connectivity index (χ0) is 19.8. The summed E-state index contributed by atoms with van der Waals surface area (Å²) in [6, 6.07) is 10.2. The Morgan fingerprint density at radius 1 is 1.22 bits per heavy atom. The molecule has 2 rings (SSSR count). The molecule has 0 aliphatic rings. The summed E-state index contributed by atoms with van der Waals surface area (Å²) in [6.45, 7) is 1.63. The van der Waals surface area contributed by atoms with Crippen molar-refractivity contribution in [3.63, 3.8) is 0 Å². The number of halogens is 1. The molecule has 7 nitrogen and oxygen atoms in total. The number of aliphatic imine (C=N–C) groups is 1. The summed E-state index contributed by atoms with van der Waals surface area (Å²) in [5.74, 6) is -0.646. The van der Waals surface area contributed by atoms with Crippen molar-refractivity contribution in [2.24, 2.45) is 4.99 Å². The van der Waals surface area contributed by atoms with Gasteiger partial charge in [-0.25, -0.2) is 9.59 Å². The molecule has 0 spiro atoms. The second-order valence-electron chi connectivity index (χ2n) is 5.24. The third-order valence-corrected chi connectivity index (χ3v) is 4.13. The van der Waals surface area contributed by atoms with Crippen LogP contribution in [0.15, 0.2) is 41.4 Å². The minimum Gasteiger partial charge on any atom is -0.493 e. The van der Waals surface area contributed by atoms with E-state index in [2.05, 4.69) is 4.99 Å². The summed E-state index contributed by atoms with van der Waals surface area (Å²) in [7, 11) is 1.48. The monoisotopic (exact) mass is 483 g/mol. The lowest BCUT2D eigenvalue weighted by Gasteiger charge is -2.12. The van der Waals surface area contributed by atoms with Crippen molar-refractivity contribution in [2.75, 3.05) is 20.3 Å². The number of hydrogen-bond donors (Lipinski definition) is 1. The van der Waals surface area contributed by atoms with Crippen LogP contribution in [0, 0.1) is 3.57 Å². The summed E-state index contributed by atoms with van der Waals surface area (Å²) in [4.78, 5) is 26.7. The highest BCUT2D eigenvalue weighted by Gasteiger charge is 2.12. The van der Waals surface area contributed by atoms with Gasteiger partial charge in [0.25, 0.3) is 0 Å². The fourth-order valence-electron chi connectivity index (χ4n) is 2.14. The molecule has 0 saturated heterocycles. The van der Waals surface area contributed by atoms with E-state index in [1.807, 2.05) is 22.6 Å². The van der Waals surface area contributed by atoms with Crippen molar-refractivity contribution in [1.82, 2.24) is 0 Å². The van der Waals surface area contributed by atoms with Crippen LogP contribution in [0.1, 0.15) is 22.8 Å². The molecular weight excluding hydrogens is 465 g/mol. The normalized spacial score (nSPS) is 10.6. The highest BCUT2D eigenvalue weighted by atomic mass is 127. The second kappa shape index (κ2) is 9.91. The van der Waals surface area contributed by atoms with Gasteiger partial charge < -0.3 is 19.3 Å². The van der Waals surface area contributed by atoms with Crippen molar-refractivity contribution >= 4 is 46.4 Å². The largest absolute Gasteiger partial charge is 0.493 e. The SMILES string of the molecule is CCOC(=O)c1ccc(N=Cc2cc(I)c(OCC(=O)O)c(OC)c2)cc1. The first-order chi connectivity index (χ1) is 12.9. The predicted molar refractivity (Wildman–Crippen MR) is 108 cm³/mol. The number of carbonyl (C=O) groups is 2. The number of benzene rings is 2. The Morgan fingerprint density at radius 3 is 2.52 bits per heavy atom. The molecule has 27 heavy (non-hydrogen) atoms. The molecular formula is C19H18INO6. The molecule has 2 aromatic rings. The van der Waals surface area contributed by atoms with E-state index in [0.717, 1.165) is 5.56 Å². The van der Waals surface area contributed by atoms with Crippen LogP contribution in [0.5, 0.6) is 11.5 Å². The van der Waals surface area contributed by atoms with Gasteiger partial charge in [0, 0.05) is 6.21 Å². The zero-order valence-electron chi connectivity index (χ0n) is 14.8. The Bertz CT molecular complexity index is 848. The maximum Gasteiger partial charge on any atom is 0.341 e. The maximum absolute atomic E-state index is 11.6. The molecule has 142 valence electrons. The van der Waals surface area contributed by atoms with Gasteiger partial charge in [-0.1, -0.05) is 0 Å². The van der Waals surface area contributed by atoms with Crippen LogP contribution in [-0.4, -0.2) is 43.6 Å². The van der Waals surface area contributed by atoms with Gasteiger partial charge in [0.15, 0.2) is 18.1 Å². The van der Waals surface area contributed by atoms with Crippen molar-refractivity contribution in [1.29, 1.82) is 0 Å². The van der Waals surface area contributed by atoms with Gasteiger partial charge in [-0.2, -0.15) is 0 Å². The molecule has 0 aliphatic heterocycles. The fraction of sp³-hybridized carbons (Fsp3) is 0.211. The molecule has 0 radical (unpaired) electrons.